The molecule has 0 aliphatic carbocycles. The topological polar surface area (TPSA) is 54.9 Å². The Balaban J connectivity index is 1.61. The average molecular weight is 291 g/mol. The molecule has 1 aromatic heterocycles. The van der Waals surface area contributed by atoms with E-state index in [2.05, 4.69) is 33.5 Å². The third-order valence-electron chi connectivity index (χ3n) is 3.48. The number of nitrogens with zero attached hydrogens (tertiary/aromatic N) is 2. The van der Waals surface area contributed by atoms with Gasteiger partial charge in [-0.05, 0) is 23.3 Å². The summed E-state index contributed by atoms with van der Waals surface area (Å²) in [5.41, 5.74) is 2.63. The number of fused-ring (bicyclic) bond motifs is 1. The molecule has 0 saturated carbocycles. The summed E-state index contributed by atoms with van der Waals surface area (Å²) < 4.78 is 0. The molecule has 22 heavy (non-hydrogen) atoms. The first-order chi connectivity index (χ1) is 10.7. The van der Waals surface area contributed by atoms with Crippen molar-refractivity contribution in [2.75, 3.05) is 0 Å². The highest BCUT2D eigenvalue weighted by Gasteiger charge is 2.05. The van der Waals surface area contributed by atoms with Crippen LogP contribution in [0, 0.1) is 6.92 Å². The second-order valence-corrected chi connectivity index (χ2v) is 5.28. The Morgan fingerprint density at radius 3 is 2.64 bits per heavy atom. The molecular weight excluding hydrogens is 274 g/mol. The number of nitrogens with one attached hydrogen (secondary N) is 1. The van der Waals surface area contributed by atoms with E-state index in [1.165, 1.54) is 5.39 Å². The molecule has 1 amide bonds. The van der Waals surface area contributed by atoms with E-state index < -0.39 is 0 Å². The summed E-state index contributed by atoms with van der Waals surface area (Å²) in [4.78, 5) is 20.4. The summed E-state index contributed by atoms with van der Waals surface area (Å²) in [6.45, 7) is 2.29. The molecule has 3 aromatic rings. The van der Waals surface area contributed by atoms with Crippen molar-refractivity contribution in [3.8, 4) is 0 Å². The van der Waals surface area contributed by atoms with Crippen molar-refractivity contribution in [2.24, 2.45) is 0 Å². The van der Waals surface area contributed by atoms with Crippen LogP contribution < -0.4 is 5.32 Å². The molecule has 4 nitrogen and oxygen atoms in total. The average Bonchev–Trinajstić information content (AvgIpc) is 2.54. The molecule has 2 aromatic carbocycles. The SMILES string of the molecule is Cc1cnc(CNC(=O)Cc2ccc3ccccc3c2)cn1. The van der Waals surface area contributed by atoms with Crippen LogP contribution in [0.2, 0.25) is 0 Å². The van der Waals surface area contributed by atoms with Crippen LogP contribution in [-0.4, -0.2) is 15.9 Å². The van der Waals surface area contributed by atoms with Gasteiger partial charge >= 0.3 is 0 Å². The van der Waals surface area contributed by atoms with Crippen molar-refractivity contribution >= 4 is 16.7 Å². The first kappa shape index (κ1) is 14.2. The predicted octanol–water partition coefficient (Wildman–Crippen LogP) is 2.80. The molecule has 0 fully saturated rings. The van der Waals surface area contributed by atoms with Gasteiger partial charge in [-0.3, -0.25) is 14.8 Å². The predicted molar refractivity (Wildman–Crippen MR) is 86.3 cm³/mol. The highest BCUT2D eigenvalue weighted by Crippen LogP contribution is 2.15. The van der Waals surface area contributed by atoms with E-state index in [0.29, 0.717) is 13.0 Å². The summed E-state index contributed by atoms with van der Waals surface area (Å²) in [7, 11) is 0. The standard InChI is InChI=1S/C18H17N3O/c1-13-10-20-17(11-19-13)12-21-18(22)9-14-6-7-15-4-2-3-5-16(15)8-14/h2-8,10-11H,9,12H2,1H3,(H,21,22). The Hall–Kier alpha value is -2.75. The van der Waals surface area contributed by atoms with Gasteiger partial charge in [-0.15, -0.1) is 0 Å². The van der Waals surface area contributed by atoms with Gasteiger partial charge in [0.15, 0.2) is 0 Å². The maximum absolute atomic E-state index is 12.0. The van der Waals surface area contributed by atoms with Gasteiger partial charge in [0.05, 0.1) is 30.6 Å². The number of hydrogen-bond acceptors (Lipinski definition) is 3. The second-order valence-electron chi connectivity index (χ2n) is 5.28. The van der Waals surface area contributed by atoms with Crippen molar-refractivity contribution in [1.82, 2.24) is 15.3 Å². The minimum absolute atomic E-state index is 0.0161. The summed E-state index contributed by atoms with van der Waals surface area (Å²) >= 11 is 0. The molecule has 0 saturated heterocycles. The molecule has 0 aliphatic heterocycles. The zero-order valence-electron chi connectivity index (χ0n) is 12.4. The largest absolute Gasteiger partial charge is 0.350 e. The van der Waals surface area contributed by atoms with Crippen LogP contribution in [-0.2, 0) is 17.8 Å². The van der Waals surface area contributed by atoms with Crippen molar-refractivity contribution < 1.29 is 4.79 Å². The molecule has 1 N–H and O–H groups in total. The Labute approximate surface area is 129 Å². The monoisotopic (exact) mass is 291 g/mol. The highest BCUT2D eigenvalue weighted by atomic mass is 16.1. The van der Waals surface area contributed by atoms with Gasteiger partial charge in [0.2, 0.25) is 5.91 Å². The van der Waals surface area contributed by atoms with Crippen LogP contribution >= 0.6 is 0 Å². The van der Waals surface area contributed by atoms with Crippen molar-refractivity contribution in [1.29, 1.82) is 0 Å². The summed E-state index contributed by atoms with van der Waals surface area (Å²) in [6.07, 6.45) is 3.75. The summed E-state index contributed by atoms with van der Waals surface area (Å²) in [6, 6.07) is 14.2. The van der Waals surface area contributed by atoms with E-state index >= 15 is 0 Å². The van der Waals surface area contributed by atoms with Crippen LogP contribution in [0.3, 0.4) is 0 Å². The molecule has 0 bridgehead atoms. The van der Waals surface area contributed by atoms with Crippen LogP contribution in [0.1, 0.15) is 17.0 Å². The number of amides is 1. The van der Waals surface area contributed by atoms with E-state index in [0.717, 1.165) is 22.3 Å². The van der Waals surface area contributed by atoms with Gasteiger partial charge in [-0.25, -0.2) is 0 Å². The molecule has 1 heterocycles. The van der Waals surface area contributed by atoms with Crippen LogP contribution in [0.4, 0.5) is 0 Å². The molecular formula is C18H17N3O. The Kier molecular flexibility index (Phi) is 4.10. The fourth-order valence-electron chi connectivity index (χ4n) is 2.30. The Morgan fingerprint density at radius 1 is 1.05 bits per heavy atom. The van der Waals surface area contributed by atoms with Gasteiger partial charge < -0.3 is 5.32 Å². The van der Waals surface area contributed by atoms with E-state index in [1.54, 1.807) is 12.4 Å². The molecule has 0 spiro atoms. The van der Waals surface area contributed by atoms with Crippen LogP contribution in [0.5, 0.6) is 0 Å². The molecule has 110 valence electrons. The van der Waals surface area contributed by atoms with Crippen molar-refractivity contribution in [2.45, 2.75) is 19.9 Å². The lowest BCUT2D eigenvalue weighted by atomic mass is 10.0. The molecule has 3 rings (SSSR count). The summed E-state index contributed by atoms with van der Waals surface area (Å²) in [5.74, 6) is -0.0161. The van der Waals surface area contributed by atoms with Crippen molar-refractivity contribution in [3.05, 3.63) is 71.8 Å². The number of benzene rings is 2. The molecule has 0 unspecified atom stereocenters. The third-order valence-corrected chi connectivity index (χ3v) is 3.48. The smallest absolute Gasteiger partial charge is 0.224 e. The van der Waals surface area contributed by atoms with E-state index in [4.69, 9.17) is 0 Å². The number of aromatic nitrogens is 2. The second kappa shape index (κ2) is 6.35. The third kappa shape index (κ3) is 3.47. The molecule has 0 atom stereocenters. The summed E-state index contributed by atoms with van der Waals surface area (Å²) in [5, 5.41) is 5.21. The quantitative estimate of drug-likeness (QED) is 0.804. The molecule has 4 heteroatoms. The van der Waals surface area contributed by atoms with Crippen LogP contribution in [0.25, 0.3) is 10.8 Å². The maximum Gasteiger partial charge on any atom is 0.224 e. The van der Waals surface area contributed by atoms with E-state index in [-0.39, 0.29) is 5.91 Å². The first-order valence-corrected chi connectivity index (χ1v) is 7.22. The first-order valence-electron chi connectivity index (χ1n) is 7.22. The lowest BCUT2D eigenvalue weighted by molar-refractivity contribution is -0.120. The van der Waals surface area contributed by atoms with E-state index in [1.807, 2.05) is 31.2 Å². The molecule has 0 radical (unpaired) electrons. The number of aryl methyl sites for hydroxylation is 1. The lowest BCUT2D eigenvalue weighted by Crippen LogP contribution is -2.25. The van der Waals surface area contributed by atoms with Gasteiger partial charge in [-0.1, -0.05) is 42.5 Å². The zero-order valence-corrected chi connectivity index (χ0v) is 12.4. The zero-order chi connectivity index (χ0) is 15.4. The fraction of sp³-hybridized carbons (Fsp3) is 0.167. The number of rotatable bonds is 4. The Morgan fingerprint density at radius 2 is 1.86 bits per heavy atom. The number of hydrogen-bond donors (Lipinski definition) is 1. The van der Waals surface area contributed by atoms with Gasteiger partial charge in [0, 0.05) is 6.20 Å². The highest BCUT2D eigenvalue weighted by molar-refractivity contribution is 5.85. The van der Waals surface area contributed by atoms with E-state index in [9.17, 15) is 4.79 Å². The van der Waals surface area contributed by atoms with Crippen LogP contribution in [0.15, 0.2) is 54.9 Å². The minimum Gasteiger partial charge on any atom is -0.350 e. The fourth-order valence-corrected chi connectivity index (χ4v) is 2.30. The van der Waals surface area contributed by atoms with Gasteiger partial charge in [0.25, 0.3) is 0 Å². The normalized spacial score (nSPS) is 10.6. The Bertz CT molecular complexity index is 797. The van der Waals surface area contributed by atoms with Crippen molar-refractivity contribution in [3.63, 3.8) is 0 Å². The minimum atomic E-state index is -0.0161. The number of carbonyl (C=O) groups excluding carboxylic acids is 1. The van der Waals surface area contributed by atoms with Gasteiger partial charge in [0.1, 0.15) is 0 Å². The lowest BCUT2D eigenvalue weighted by Gasteiger charge is -2.06. The maximum atomic E-state index is 12.0. The van der Waals surface area contributed by atoms with Gasteiger partial charge in [-0.2, -0.15) is 0 Å². The number of carbonyl (C=O) groups is 1. The molecule has 0 aliphatic rings.